The number of hydrogen-bond acceptors (Lipinski definition) is 3. The molecule has 1 atom stereocenters. The Labute approximate surface area is 207 Å². The van der Waals surface area contributed by atoms with Gasteiger partial charge >= 0.3 is 5.97 Å². The van der Waals surface area contributed by atoms with Gasteiger partial charge in [-0.3, -0.25) is 9.59 Å². The fourth-order valence-corrected chi connectivity index (χ4v) is 4.48. The fraction of sp³-hybridized carbons (Fsp3) is 0.933. The van der Waals surface area contributed by atoms with Gasteiger partial charge < -0.3 is 4.74 Å². The number of Topliss-reactive ketones (excluding diaryl/α,β-unsaturated/α-hetero) is 1. The minimum atomic E-state index is 0.0177. The summed E-state index contributed by atoms with van der Waals surface area (Å²) in [7, 11) is 0. The van der Waals surface area contributed by atoms with Gasteiger partial charge in [0.2, 0.25) is 0 Å². The van der Waals surface area contributed by atoms with Crippen molar-refractivity contribution in [2.45, 2.75) is 168 Å². The summed E-state index contributed by atoms with van der Waals surface area (Å²) in [5, 5.41) is 0. The van der Waals surface area contributed by atoms with Crippen LogP contribution in [-0.4, -0.2) is 18.4 Å². The van der Waals surface area contributed by atoms with Crippen molar-refractivity contribution in [2.24, 2.45) is 5.92 Å². The monoisotopic (exact) mass is 466 g/mol. The van der Waals surface area contributed by atoms with E-state index < -0.39 is 0 Å². The molecule has 0 fully saturated rings. The van der Waals surface area contributed by atoms with Gasteiger partial charge in [0.25, 0.3) is 0 Å². The number of rotatable bonds is 26. The summed E-state index contributed by atoms with van der Waals surface area (Å²) in [6.07, 6.45) is 27.1. The molecule has 0 aromatic heterocycles. The Morgan fingerprint density at radius 2 is 1.00 bits per heavy atom. The van der Waals surface area contributed by atoms with Crippen LogP contribution in [0.2, 0.25) is 0 Å². The van der Waals surface area contributed by atoms with Crippen molar-refractivity contribution in [1.82, 2.24) is 0 Å². The summed E-state index contributed by atoms with van der Waals surface area (Å²) in [5.74, 6) is 0.997. The lowest BCUT2D eigenvalue weighted by Gasteiger charge is -2.16. The van der Waals surface area contributed by atoms with Gasteiger partial charge in [-0.2, -0.15) is 0 Å². The van der Waals surface area contributed by atoms with E-state index in [0.717, 1.165) is 25.7 Å². The molecule has 0 spiro atoms. The van der Waals surface area contributed by atoms with E-state index in [1.807, 2.05) is 6.92 Å². The zero-order chi connectivity index (χ0) is 24.4. The normalized spacial score (nSPS) is 12.1. The van der Waals surface area contributed by atoms with Gasteiger partial charge in [-0.25, -0.2) is 0 Å². The summed E-state index contributed by atoms with van der Waals surface area (Å²) in [6.45, 7) is 7.08. The molecule has 0 aliphatic rings. The Morgan fingerprint density at radius 3 is 1.52 bits per heavy atom. The minimum absolute atomic E-state index is 0.0177. The maximum absolute atomic E-state index is 12.1. The highest BCUT2D eigenvalue weighted by molar-refractivity contribution is 5.77. The third-order valence-electron chi connectivity index (χ3n) is 6.89. The van der Waals surface area contributed by atoms with Crippen LogP contribution in [0.1, 0.15) is 168 Å². The van der Waals surface area contributed by atoms with Crippen molar-refractivity contribution < 1.29 is 14.3 Å². The summed E-state index contributed by atoms with van der Waals surface area (Å²) < 4.78 is 5.63. The second-order valence-corrected chi connectivity index (χ2v) is 10.2. The van der Waals surface area contributed by atoms with Crippen LogP contribution in [0.4, 0.5) is 0 Å². The summed E-state index contributed by atoms with van der Waals surface area (Å²) in [4.78, 5) is 23.4. The van der Waals surface area contributed by atoms with Crippen LogP contribution in [0.3, 0.4) is 0 Å². The third kappa shape index (κ3) is 24.1. The smallest absolute Gasteiger partial charge is 0.305 e. The topological polar surface area (TPSA) is 43.4 Å². The number of esters is 1. The second-order valence-electron chi connectivity index (χ2n) is 10.2. The summed E-state index contributed by atoms with van der Waals surface area (Å²) >= 11 is 0. The molecule has 0 aliphatic heterocycles. The van der Waals surface area contributed by atoms with Crippen molar-refractivity contribution in [1.29, 1.82) is 0 Å². The quantitative estimate of drug-likeness (QED) is 0.0940. The molecule has 0 aromatic rings. The molecular weight excluding hydrogens is 408 g/mol. The van der Waals surface area contributed by atoms with Crippen molar-refractivity contribution in [2.75, 3.05) is 6.61 Å². The predicted molar refractivity (Wildman–Crippen MR) is 143 cm³/mol. The molecule has 1 unspecified atom stereocenters. The van der Waals surface area contributed by atoms with Crippen LogP contribution in [0.5, 0.6) is 0 Å². The van der Waals surface area contributed by atoms with E-state index in [0.29, 0.717) is 31.1 Å². The Morgan fingerprint density at radius 1 is 0.545 bits per heavy atom. The molecule has 0 aliphatic carbocycles. The SMILES string of the molecule is CCCCCCC(CCCC)COC(=O)CCCCCCCCCCCCCCC(=O)CC. The van der Waals surface area contributed by atoms with E-state index in [4.69, 9.17) is 4.74 Å². The van der Waals surface area contributed by atoms with E-state index in [1.54, 1.807) is 0 Å². The highest BCUT2D eigenvalue weighted by atomic mass is 16.5. The molecule has 3 nitrogen and oxygen atoms in total. The predicted octanol–water partition coefficient (Wildman–Crippen LogP) is 9.75. The van der Waals surface area contributed by atoms with Crippen molar-refractivity contribution in [3.05, 3.63) is 0 Å². The average molecular weight is 467 g/mol. The van der Waals surface area contributed by atoms with Crippen molar-refractivity contribution in [3.63, 3.8) is 0 Å². The Kier molecular flexibility index (Phi) is 25.1. The number of ketones is 1. The van der Waals surface area contributed by atoms with Gasteiger partial charge in [0.15, 0.2) is 0 Å². The van der Waals surface area contributed by atoms with Crippen LogP contribution in [0.15, 0.2) is 0 Å². The maximum Gasteiger partial charge on any atom is 0.305 e. The Balaban J connectivity index is 3.50. The number of hydrogen-bond donors (Lipinski definition) is 0. The first kappa shape index (κ1) is 32.1. The van der Waals surface area contributed by atoms with Gasteiger partial charge in [-0.1, -0.05) is 124 Å². The molecule has 0 saturated carbocycles. The number of unbranched alkanes of at least 4 members (excludes halogenated alkanes) is 15. The maximum atomic E-state index is 12.1. The fourth-order valence-electron chi connectivity index (χ4n) is 4.48. The molecule has 0 bridgehead atoms. The lowest BCUT2D eigenvalue weighted by Crippen LogP contribution is -2.14. The zero-order valence-corrected chi connectivity index (χ0v) is 22.8. The van der Waals surface area contributed by atoms with Crippen molar-refractivity contribution in [3.8, 4) is 0 Å². The van der Waals surface area contributed by atoms with E-state index >= 15 is 0 Å². The van der Waals surface area contributed by atoms with Gasteiger partial charge in [-0.05, 0) is 31.6 Å². The van der Waals surface area contributed by atoms with Crippen molar-refractivity contribution >= 4 is 11.8 Å². The molecule has 0 N–H and O–H groups in total. The van der Waals surface area contributed by atoms with E-state index in [1.165, 1.54) is 109 Å². The van der Waals surface area contributed by atoms with Crippen LogP contribution >= 0.6 is 0 Å². The van der Waals surface area contributed by atoms with E-state index in [2.05, 4.69) is 13.8 Å². The number of carbonyl (C=O) groups is 2. The zero-order valence-electron chi connectivity index (χ0n) is 22.8. The molecule has 3 heteroatoms. The van der Waals surface area contributed by atoms with E-state index in [-0.39, 0.29) is 5.97 Å². The van der Waals surface area contributed by atoms with E-state index in [9.17, 15) is 9.59 Å². The average Bonchev–Trinajstić information content (AvgIpc) is 2.82. The third-order valence-corrected chi connectivity index (χ3v) is 6.89. The highest BCUT2D eigenvalue weighted by Gasteiger charge is 2.12. The van der Waals surface area contributed by atoms with Gasteiger partial charge in [0, 0.05) is 19.3 Å². The molecule has 0 heterocycles. The first-order valence-electron chi connectivity index (χ1n) is 14.8. The Hall–Kier alpha value is -0.860. The molecule has 196 valence electrons. The lowest BCUT2D eigenvalue weighted by atomic mass is 9.96. The summed E-state index contributed by atoms with van der Waals surface area (Å²) in [5.41, 5.74) is 0. The minimum Gasteiger partial charge on any atom is -0.465 e. The molecule has 0 rings (SSSR count). The molecular formula is C30H58O3. The lowest BCUT2D eigenvalue weighted by molar-refractivity contribution is -0.145. The molecule has 0 amide bonds. The van der Waals surface area contributed by atoms with Crippen LogP contribution in [0.25, 0.3) is 0 Å². The number of carbonyl (C=O) groups excluding carboxylic acids is 2. The van der Waals surface area contributed by atoms with Gasteiger partial charge in [0.1, 0.15) is 5.78 Å². The highest BCUT2D eigenvalue weighted by Crippen LogP contribution is 2.19. The molecule has 0 saturated heterocycles. The van der Waals surface area contributed by atoms with Crippen LogP contribution in [0, 0.1) is 5.92 Å². The van der Waals surface area contributed by atoms with Crippen LogP contribution < -0.4 is 0 Å². The second kappa shape index (κ2) is 25.8. The van der Waals surface area contributed by atoms with Gasteiger partial charge in [0.05, 0.1) is 6.61 Å². The molecule has 0 aromatic carbocycles. The summed E-state index contributed by atoms with van der Waals surface area (Å²) in [6, 6.07) is 0. The van der Waals surface area contributed by atoms with Crippen LogP contribution in [-0.2, 0) is 14.3 Å². The Bertz CT molecular complexity index is 432. The molecule has 33 heavy (non-hydrogen) atoms. The number of ether oxygens (including phenoxy) is 1. The molecule has 0 radical (unpaired) electrons. The first-order valence-corrected chi connectivity index (χ1v) is 14.8. The standard InChI is InChI=1S/C30H58O3/c1-4-7-9-20-24-28(23-8-5-2)27-33-30(32)26-22-19-17-15-13-11-10-12-14-16-18-21-25-29(31)6-3/h28H,4-27H2,1-3H3. The van der Waals surface area contributed by atoms with Gasteiger partial charge in [-0.15, -0.1) is 0 Å². The largest absolute Gasteiger partial charge is 0.465 e. The first-order chi connectivity index (χ1) is 16.1.